The number of ether oxygens (including phenoxy) is 2. The van der Waals surface area contributed by atoms with Crippen LogP contribution in [0.5, 0.6) is 0 Å². The molecule has 1 saturated carbocycles. The Bertz CT molecular complexity index is 1610. The second-order valence-electron chi connectivity index (χ2n) is 14.3. The highest BCUT2D eigenvalue weighted by Gasteiger charge is 2.44. The minimum absolute atomic E-state index is 0.253. The average molecular weight is 676 g/mol. The van der Waals surface area contributed by atoms with E-state index in [0.29, 0.717) is 50.8 Å². The average Bonchev–Trinajstić information content (AvgIpc) is 3.08. The van der Waals surface area contributed by atoms with Crippen LogP contribution < -0.4 is 16.1 Å². The Labute approximate surface area is 287 Å². The molecule has 0 radical (unpaired) electrons. The van der Waals surface area contributed by atoms with Crippen LogP contribution in [0.15, 0.2) is 36.4 Å². The molecule has 264 valence electrons. The summed E-state index contributed by atoms with van der Waals surface area (Å²) in [6.45, 7) is 10.9. The molecule has 1 aromatic heterocycles. The van der Waals surface area contributed by atoms with Crippen LogP contribution in [0.3, 0.4) is 0 Å². The summed E-state index contributed by atoms with van der Waals surface area (Å²) in [5, 5.41) is 8.07. The van der Waals surface area contributed by atoms with Crippen molar-refractivity contribution in [2.45, 2.75) is 110 Å². The second kappa shape index (κ2) is 15.1. The molecule has 1 spiro atoms. The lowest BCUT2D eigenvalue weighted by Gasteiger charge is -2.37. The van der Waals surface area contributed by atoms with E-state index < -0.39 is 47.4 Å². The van der Waals surface area contributed by atoms with Gasteiger partial charge in [-0.15, -0.1) is 0 Å². The van der Waals surface area contributed by atoms with E-state index in [1.165, 1.54) is 5.01 Å². The van der Waals surface area contributed by atoms with Gasteiger partial charge in [-0.3, -0.25) is 34.0 Å². The van der Waals surface area contributed by atoms with Gasteiger partial charge in [0.15, 0.2) is 6.10 Å². The van der Waals surface area contributed by atoms with Gasteiger partial charge in [0, 0.05) is 11.9 Å². The summed E-state index contributed by atoms with van der Waals surface area (Å²) in [6, 6.07) is 7.68. The van der Waals surface area contributed by atoms with Crippen molar-refractivity contribution in [1.29, 1.82) is 0 Å². The number of esters is 2. The number of rotatable bonds is 3. The molecule has 12 nitrogen and oxygen atoms in total. The molecule has 12 heteroatoms. The van der Waals surface area contributed by atoms with Crippen molar-refractivity contribution in [2.24, 2.45) is 17.3 Å². The highest BCUT2D eigenvalue weighted by molar-refractivity contribution is 5.92. The van der Waals surface area contributed by atoms with Crippen LogP contribution in [0, 0.1) is 17.3 Å². The first-order chi connectivity index (χ1) is 23.3. The van der Waals surface area contributed by atoms with Crippen molar-refractivity contribution in [1.82, 2.24) is 26.1 Å². The summed E-state index contributed by atoms with van der Waals surface area (Å²) < 4.78 is 11.7. The van der Waals surface area contributed by atoms with Crippen LogP contribution >= 0.6 is 0 Å². The molecule has 3 amide bonds. The van der Waals surface area contributed by atoms with E-state index >= 15 is 0 Å². The zero-order valence-corrected chi connectivity index (χ0v) is 29.3. The van der Waals surface area contributed by atoms with Gasteiger partial charge in [0.2, 0.25) is 5.91 Å². The van der Waals surface area contributed by atoms with Crippen LogP contribution in [-0.2, 0) is 33.4 Å². The zero-order valence-electron chi connectivity index (χ0n) is 29.3. The van der Waals surface area contributed by atoms with Crippen molar-refractivity contribution in [3.8, 4) is 0 Å². The Morgan fingerprint density at radius 3 is 2.35 bits per heavy atom. The third kappa shape index (κ3) is 8.29. The summed E-state index contributed by atoms with van der Waals surface area (Å²) in [6.07, 6.45) is 4.99. The Morgan fingerprint density at radius 2 is 1.65 bits per heavy atom. The van der Waals surface area contributed by atoms with E-state index in [1.807, 2.05) is 49.4 Å². The minimum atomic E-state index is -1.16. The molecule has 1 aromatic carbocycles. The van der Waals surface area contributed by atoms with E-state index in [0.717, 1.165) is 16.5 Å². The Kier molecular flexibility index (Phi) is 11.1. The van der Waals surface area contributed by atoms with Gasteiger partial charge < -0.3 is 20.1 Å². The van der Waals surface area contributed by atoms with Gasteiger partial charge in [0.05, 0.1) is 28.6 Å². The monoisotopic (exact) mass is 675 g/mol. The quantitative estimate of drug-likeness (QED) is 0.407. The number of pyridine rings is 1. The molecular formula is C37H49N5O7. The molecule has 3 heterocycles. The van der Waals surface area contributed by atoms with E-state index in [9.17, 15) is 24.0 Å². The largest absolute Gasteiger partial charge is 0.462 e. The molecular weight excluding hydrogens is 626 g/mol. The van der Waals surface area contributed by atoms with E-state index in [2.05, 4.69) is 16.1 Å². The maximum Gasteiger partial charge on any atom is 0.316 e. The van der Waals surface area contributed by atoms with Crippen LogP contribution in [-0.4, -0.2) is 70.5 Å². The molecule has 4 atom stereocenters. The van der Waals surface area contributed by atoms with Gasteiger partial charge in [0.25, 0.3) is 11.8 Å². The minimum Gasteiger partial charge on any atom is -0.462 e. The van der Waals surface area contributed by atoms with Crippen molar-refractivity contribution < 1.29 is 33.4 Å². The van der Waals surface area contributed by atoms with Gasteiger partial charge in [-0.25, -0.2) is 5.43 Å². The number of carbonyl (C=O) groups is 5. The molecule has 1 unspecified atom stereocenters. The normalized spacial score (nSPS) is 29.5. The molecule has 2 aliphatic heterocycles. The number of nitrogens with zero attached hydrogens (tertiary/aromatic N) is 2. The molecule has 49 heavy (non-hydrogen) atoms. The fourth-order valence-electron chi connectivity index (χ4n) is 6.55. The van der Waals surface area contributed by atoms with Gasteiger partial charge in [0.1, 0.15) is 18.2 Å². The van der Waals surface area contributed by atoms with E-state index in [-0.39, 0.29) is 29.8 Å². The number of fused-ring (bicyclic) bond motifs is 4. The van der Waals surface area contributed by atoms with Crippen LogP contribution in [0.25, 0.3) is 17.0 Å². The topological polar surface area (TPSA) is 156 Å². The van der Waals surface area contributed by atoms with Gasteiger partial charge in [-0.05, 0) is 76.0 Å². The lowest BCUT2D eigenvalue weighted by molar-refractivity contribution is -0.170. The highest BCUT2D eigenvalue weighted by Crippen LogP contribution is 2.41. The van der Waals surface area contributed by atoms with E-state index in [4.69, 9.17) is 14.5 Å². The maximum absolute atomic E-state index is 14.2. The summed E-state index contributed by atoms with van der Waals surface area (Å²) in [5.74, 6) is -2.71. The van der Waals surface area contributed by atoms with Crippen molar-refractivity contribution >= 4 is 46.6 Å². The lowest BCUT2D eigenvalue weighted by Crippen LogP contribution is -2.61. The van der Waals surface area contributed by atoms with Crippen LogP contribution in [0.2, 0.25) is 0 Å². The molecule has 2 fully saturated rings. The molecule has 1 saturated heterocycles. The first-order valence-electron chi connectivity index (χ1n) is 17.5. The second-order valence-corrected chi connectivity index (χ2v) is 14.3. The summed E-state index contributed by atoms with van der Waals surface area (Å²) in [7, 11) is 0. The van der Waals surface area contributed by atoms with E-state index in [1.54, 1.807) is 34.6 Å². The first kappa shape index (κ1) is 36.0. The summed E-state index contributed by atoms with van der Waals surface area (Å²) in [5.41, 5.74) is 4.19. The molecule has 3 N–H and O–H groups in total. The van der Waals surface area contributed by atoms with Crippen LogP contribution in [0.4, 0.5) is 0 Å². The predicted molar refractivity (Wildman–Crippen MR) is 183 cm³/mol. The fraction of sp³-hybridized carbons (Fsp3) is 0.568. The van der Waals surface area contributed by atoms with Crippen molar-refractivity contribution in [3.63, 3.8) is 0 Å². The number of nitrogens with one attached hydrogen (secondary N) is 3. The Balaban J connectivity index is 1.51. The number of benzene rings is 1. The summed E-state index contributed by atoms with van der Waals surface area (Å²) in [4.78, 5) is 71.7. The predicted octanol–water partition coefficient (Wildman–Crippen LogP) is 4.14. The molecule has 2 aromatic rings. The maximum atomic E-state index is 14.2. The summed E-state index contributed by atoms with van der Waals surface area (Å²) >= 11 is 0. The lowest BCUT2D eigenvalue weighted by atomic mass is 9.72. The van der Waals surface area contributed by atoms with Gasteiger partial charge in [-0.2, -0.15) is 0 Å². The Morgan fingerprint density at radius 1 is 0.959 bits per heavy atom. The number of amides is 3. The van der Waals surface area contributed by atoms with Crippen molar-refractivity contribution in [2.75, 3.05) is 6.54 Å². The smallest absolute Gasteiger partial charge is 0.316 e. The van der Waals surface area contributed by atoms with Gasteiger partial charge >= 0.3 is 11.9 Å². The number of hydrogen-bond acceptors (Lipinski definition) is 9. The highest BCUT2D eigenvalue weighted by atomic mass is 16.6. The van der Waals surface area contributed by atoms with Crippen molar-refractivity contribution in [3.05, 3.63) is 47.7 Å². The number of carbonyl (C=O) groups excluding carboxylic acids is 5. The standard InChI is InChI=1S/C37H49N5O7/c1-21(2)31-33(44)39-24(6)34(45)42-19-7-8-29(41-42)32(43)38-23(5)28-12-11-26-10-9-25(20-30(26)40-28)13-16-37(36(47)49-31)17-14-27(15-18-37)48-35(46)22(3)4/h9-13,16,20-24,27,29,31,41H,7-8,14-15,17-19H2,1-6H3,(H,38,43)(H,39,44)/b16-13+/t23-,24+,27?,29?,31+,37?/m1/s1. The number of hydrazine groups is 1. The molecule has 3 aliphatic rings. The number of hydrogen-bond donors (Lipinski definition) is 3. The fourth-order valence-corrected chi connectivity index (χ4v) is 6.55. The third-order valence-electron chi connectivity index (χ3n) is 9.72. The number of cyclic esters (lactones) is 1. The first-order valence-corrected chi connectivity index (χ1v) is 17.5. The van der Waals surface area contributed by atoms with Crippen LogP contribution in [0.1, 0.15) is 97.4 Å². The Hall–Kier alpha value is -4.32. The molecule has 1 aliphatic carbocycles. The number of aromatic nitrogens is 1. The van der Waals surface area contributed by atoms with Gasteiger partial charge in [-0.1, -0.05) is 58.0 Å². The molecule has 5 rings (SSSR count). The molecule has 5 bridgehead atoms. The third-order valence-corrected chi connectivity index (χ3v) is 9.72. The zero-order chi connectivity index (χ0) is 35.5. The SMILES string of the molecule is CC(C)C(=O)OC1CCC2(/C=C/c3ccc4ccc(nc4c3)[C@@H](C)NC(=O)C3CCCN(N3)C(=O)[C@H](C)NC(=O)[C@H](C(C)C)OC2=O)CC1.